The van der Waals surface area contributed by atoms with Gasteiger partial charge in [0.1, 0.15) is 16.8 Å². The lowest BCUT2D eigenvalue weighted by Gasteiger charge is -2.36. The molecule has 9 nitrogen and oxygen atoms in total. The van der Waals surface area contributed by atoms with Gasteiger partial charge in [-0.3, -0.25) is 4.79 Å². The van der Waals surface area contributed by atoms with Gasteiger partial charge < -0.3 is 19.9 Å². The van der Waals surface area contributed by atoms with Crippen molar-refractivity contribution in [2.45, 2.75) is 56.4 Å². The molecular weight excluding hydrogens is 454 g/mol. The Bertz CT molecular complexity index is 1200. The molecule has 5 rings (SSSR count). The topological polar surface area (TPSA) is 104 Å². The molecule has 0 aliphatic carbocycles. The van der Waals surface area contributed by atoms with E-state index in [-0.39, 0.29) is 23.0 Å². The highest BCUT2D eigenvalue weighted by atomic mass is 32.2. The zero-order valence-corrected chi connectivity index (χ0v) is 20.2. The molecule has 180 valence electrons. The predicted octanol–water partition coefficient (Wildman–Crippen LogP) is 1.92. The fourth-order valence-corrected chi connectivity index (χ4v) is 6.19. The molecule has 1 amide bonds. The third kappa shape index (κ3) is 4.39. The number of likely N-dealkylation sites (tertiary alicyclic amines) is 1. The lowest BCUT2D eigenvalue weighted by Crippen LogP contribution is -2.46. The molecule has 0 radical (unpaired) electrons. The number of nitrogens with zero attached hydrogens (tertiary/aromatic N) is 4. The Kier molecular flexibility index (Phi) is 6.03. The highest BCUT2D eigenvalue weighted by Gasteiger charge is 2.39. The Hall–Kier alpha value is -2.98. The van der Waals surface area contributed by atoms with E-state index < -0.39 is 16.1 Å². The predicted molar refractivity (Wildman–Crippen MR) is 128 cm³/mol. The zero-order chi connectivity index (χ0) is 23.9. The number of hydrogen-bond donors (Lipinski definition) is 1. The van der Waals surface area contributed by atoms with Crippen LogP contribution in [0.5, 0.6) is 0 Å². The monoisotopic (exact) mass is 483 g/mol. The third-order valence-electron chi connectivity index (χ3n) is 6.46. The van der Waals surface area contributed by atoms with Crippen molar-refractivity contribution in [3.05, 3.63) is 53.7 Å². The summed E-state index contributed by atoms with van der Waals surface area (Å²) in [4.78, 5) is 21.9. The number of benzene rings is 1. The Morgan fingerprint density at radius 3 is 2.65 bits per heavy atom. The lowest BCUT2D eigenvalue weighted by atomic mass is 10.1. The van der Waals surface area contributed by atoms with Crippen molar-refractivity contribution in [1.29, 1.82) is 0 Å². The van der Waals surface area contributed by atoms with Gasteiger partial charge in [0.05, 0.1) is 12.2 Å². The number of carbonyl (C=O) groups excluding carboxylic acids is 1. The van der Waals surface area contributed by atoms with Gasteiger partial charge >= 0.3 is 0 Å². The molecule has 2 fully saturated rings. The van der Waals surface area contributed by atoms with Crippen molar-refractivity contribution >= 4 is 27.6 Å². The molecule has 3 aliphatic heterocycles. The van der Waals surface area contributed by atoms with Crippen LogP contribution in [0.3, 0.4) is 0 Å². The van der Waals surface area contributed by atoms with Crippen LogP contribution in [0.2, 0.25) is 0 Å². The molecule has 0 saturated carbocycles. The second-order valence-corrected chi connectivity index (χ2v) is 10.7. The maximum absolute atomic E-state index is 13.0. The third-order valence-corrected chi connectivity index (χ3v) is 7.78. The summed E-state index contributed by atoms with van der Waals surface area (Å²) in [5.41, 5.74) is 1.47. The summed E-state index contributed by atoms with van der Waals surface area (Å²) in [5, 5.41) is 2.99. The summed E-state index contributed by atoms with van der Waals surface area (Å²) in [5.74, 6) is 1.13. The Morgan fingerprint density at radius 2 is 1.91 bits per heavy atom. The summed E-state index contributed by atoms with van der Waals surface area (Å²) in [6.45, 7) is 6.66. The number of morpholine rings is 1. The summed E-state index contributed by atoms with van der Waals surface area (Å²) >= 11 is 0. The number of ether oxygens (including phenoxy) is 1. The van der Waals surface area contributed by atoms with Crippen molar-refractivity contribution < 1.29 is 17.9 Å². The lowest BCUT2D eigenvalue weighted by molar-refractivity contribution is -0.124. The van der Waals surface area contributed by atoms with E-state index in [2.05, 4.69) is 33.4 Å². The Balaban J connectivity index is 1.24. The quantitative estimate of drug-likeness (QED) is 0.709. The molecule has 3 atom stereocenters. The van der Waals surface area contributed by atoms with E-state index in [1.165, 1.54) is 0 Å². The minimum absolute atomic E-state index is 0.137. The number of carbonyl (C=O) groups is 1. The van der Waals surface area contributed by atoms with Crippen LogP contribution in [0.25, 0.3) is 0 Å². The van der Waals surface area contributed by atoms with Crippen LogP contribution >= 0.6 is 0 Å². The number of fused-ring (bicyclic) bond motifs is 1. The number of amides is 1. The highest BCUT2D eigenvalue weighted by Crippen LogP contribution is 2.31. The Morgan fingerprint density at radius 1 is 1.15 bits per heavy atom. The fourth-order valence-electron chi connectivity index (χ4n) is 4.97. The van der Waals surface area contributed by atoms with E-state index in [0.717, 1.165) is 30.9 Å². The average Bonchev–Trinajstić information content (AvgIpc) is 3.40. The van der Waals surface area contributed by atoms with Crippen LogP contribution in [0.15, 0.2) is 51.9 Å². The van der Waals surface area contributed by atoms with Crippen molar-refractivity contribution in [2.75, 3.05) is 24.5 Å². The number of nitrogens with one attached hydrogen (secondary N) is 1. The first-order valence-electron chi connectivity index (χ1n) is 11.7. The average molecular weight is 484 g/mol. The summed E-state index contributed by atoms with van der Waals surface area (Å²) < 4.78 is 34.7. The number of aromatic nitrogens is 1. The Labute approximate surface area is 199 Å². The van der Waals surface area contributed by atoms with Gasteiger partial charge in [0.2, 0.25) is 5.91 Å². The second-order valence-electron chi connectivity index (χ2n) is 9.14. The van der Waals surface area contributed by atoms with Crippen molar-refractivity contribution in [2.24, 2.45) is 4.40 Å². The van der Waals surface area contributed by atoms with Crippen molar-refractivity contribution in [3.63, 3.8) is 0 Å². The molecule has 2 unspecified atom stereocenters. The number of sulfonamides is 1. The van der Waals surface area contributed by atoms with Gasteiger partial charge in [-0.1, -0.05) is 18.2 Å². The number of rotatable bonds is 4. The van der Waals surface area contributed by atoms with E-state index in [0.29, 0.717) is 30.9 Å². The number of hydrogen-bond acceptors (Lipinski definition) is 7. The van der Waals surface area contributed by atoms with Gasteiger partial charge in [-0.05, 0) is 50.5 Å². The maximum Gasteiger partial charge on any atom is 0.285 e. The van der Waals surface area contributed by atoms with Crippen LogP contribution in [-0.4, -0.2) is 67.9 Å². The molecular formula is C24H29N5O4S. The molecule has 0 bridgehead atoms. The zero-order valence-electron chi connectivity index (χ0n) is 19.3. The first-order chi connectivity index (χ1) is 16.3. The largest absolute Gasteiger partial charge is 0.372 e. The molecule has 2 saturated heterocycles. The van der Waals surface area contributed by atoms with E-state index in [4.69, 9.17) is 4.74 Å². The molecule has 0 spiro atoms. The minimum Gasteiger partial charge on any atom is -0.372 e. The number of anilines is 1. The molecule has 1 N–H and O–H groups in total. The molecule has 4 heterocycles. The normalized spacial score (nSPS) is 25.7. The van der Waals surface area contributed by atoms with E-state index in [1.807, 2.05) is 17.0 Å². The summed E-state index contributed by atoms with van der Waals surface area (Å²) in [6.07, 6.45) is 3.55. The SMILES string of the molecule is CC1CN(c2ccc(CNC(=O)[C@@H]3CCCN3C3=NS(=O)(=O)c4ccccc43)cn2)CC(C)O1. The van der Waals surface area contributed by atoms with Crippen LogP contribution in [-0.2, 0) is 26.1 Å². The standard InChI is InChI=1S/C24H29N5O4S/c1-16-14-28(15-17(2)33-16)22-10-9-18(12-25-22)13-26-24(30)20-7-5-11-29(20)23-19-6-3-4-8-21(19)34(31,32)27-23/h3-4,6,8-10,12,16-17,20H,5,7,11,13-15H2,1-2H3,(H,26,30)/t16?,17?,20-/m0/s1. The minimum atomic E-state index is -3.72. The molecule has 3 aliphatic rings. The molecule has 1 aromatic heterocycles. The second kappa shape index (κ2) is 8.99. The maximum atomic E-state index is 13.0. The molecule has 1 aromatic carbocycles. The smallest absolute Gasteiger partial charge is 0.285 e. The van der Waals surface area contributed by atoms with Crippen molar-refractivity contribution in [3.8, 4) is 0 Å². The van der Waals surface area contributed by atoms with E-state index >= 15 is 0 Å². The van der Waals surface area contributed by atoms with Crippen LogP contribution in [0, 0.1) is 0 Å². The number of amidine groups is 1. The van der Waals surface area contributed by atoms with Gasteiger partial charge in [-0.2, -0.15) is 8.42 Å². The van der Waals surface area contributed by atoms with Crippen LogP contribution in [0.4, 0.5) is 5.82 Å². The molecule has 2 aromatic rings. The molecule has 10 heteroatoms. The van der Waals surface area contributed by atoms with Crippen LogP contribution < -0.4 is 10.2 Å². The van der Waals surface area contributed by atoms with Gasteiger partial charge in [0.15, 0.2) is 5.84 Å². The highest BCUT2D eigenvalue weighted by molar-refractivity contribution is 7.90. The summed E-state index contributed by atoms with van der Waals surface area (Å²) in [6, 6.07) is 10.3. The van der Waals surface area contributed by atoms with Crippen molar-refractivity contribution in [1.82, 2.24) is 15.2 Å². The van der Waals surface area contributed by atoms with Gasteiger partial charge in [-0.15, -0.1) is 4.40 Å². The first kappa shape index (κ1) is 22.8. The van der Waals surface area contributed by atoms with E-state index in [1.54, 1.807) is 30.5 Å². The van der Waals surface area contributed by atoms with Gasteiger partial charge in [-0.25, -0.2) is 4.98 Å². The van der Waals surface area contributed by atoms with Crippen LogP contribution in [0.1, 0.15) is 37.8 Å². The number of pyridine rings is 1. The summed E-state index contributed by atoms with van der Waals surface area (Å²) in [7, 11) is -3.72. The van der Waals surface area contributed by atoms with E-state index in [9.17, 15) is 13.2 Å². The van der Waals surface area contributed by atoms with Gasteiger partial charge in [0.25, 0.3) is 10.0 Å². The first-order valence-corrected chi connectivity index (χ1v) is 13.1. The molecule has 34 heavy (non-hydrogen) atoms. The fraction of sp³-hybridized carbons (Fsp3) is 0.458. The van der Waals surface area contributed by atoms with Gasteiger partial charge in [0, 0.05) is 37.9 Å².